The summed E-state index contributed by atoms with van der Waals surface area (Å²) in [6, 6.07) is 3.90. The first-order valence-corrected chi connectivity index (χ1v) is 11.3. The Kier molecular flexibility index (Phi) is 8.04. The SMILES string of the molecule is CCN(CC)C(=O)COC(=O)c1ccc(Cl)c(S(=O)(=O)N2C[C@@H](C)O[C@@H](C)C2)c1. The smallest absolute Gasteiger partial charge is 0.338 e. The lowest BCUT2D eigenvalue weighted by atomic mass is 10.2. The van der Waals surface area contributed by atoms with E-state index in [1.165, 1.54) is 27.4 Å². The van der Waals surface area contributed by atoms with Crippen LogP contribution in [0.1, 0.15) is 38.1 Å². The van der Waals surface area contributed by atoms with Crippen molar-refractivity contribution in [2.45, 2.75) is 44.8 Å². The van der Waals surface area contributed by atoms with Gasteiger partial charge in [0.25, 0.3) is 5.91 Å². The number of carbonyl (C=O) groups is 2. The number of amides is 1. The number of halogens is 1. The topological polar surface area (TPSA) is 93.2 Å². The van der Waals surface area contributed by atoms with E-state index in [2.05, 4.69) is 0 Å². The fourth-order valence-electron chi connectivity index (χ4n) is 3.17. The van der Waals surface area contributed by atoms with E-state index in [-0.39, 0.29) is 46.7 Å². The Morgan fingerprint density at radius 3 is 2.34 bits per heavy atom. The van der Waals surface area contributed by atoms with Crippen LogP contribution in [0.2, 0.25) is 5.02 Å². The van der Waals surface area contributed by atoms with Crippen molar-refractivity contribution in [2.75, 3.05) is 32.8 Å². The summed E-state index contributed by atoms with van der Waals surface area (Å²) >= 11 is 6.13. The summed E-state index contributed by atoms with van der Waals surface area (Å²) in [4.78, 5) is 25.7. The molecule has 2 rings (SSSR count). The van der Waals surface area contributed by atoms with Gasteiger partial charge in [-0.3, -0.25) is 4.79 Å². The molecule has 0 unspecified atom stereocenters. The van der Waals surface area contributed by atoms with Crippen molar-refractivity contribution in [3.8, 4) is 0 Å². The molecule has 2 atom stereocenters. The van der Waals surface area contributed by atoms with Crippen LogP contribution in [0.4, 0.5) is 0 Å². The van der Waals surface area contributed by atoms with Gasteiger partial charge in [-0.1, -0.05) is 11.6 Å². The van der Waals surface area contributed by atoms with E-state index in [4.69, 9.17) is 21.1 Å². The van der Waals surface area contributed by atoms with Gasteiger partial charge in [-0.2, -0.15) is 4.31 Å². The average Bonchev–Trinajstić information content (AvgIpc) is 2.66. The number of rotatable bonds is 7. The number of benzene rings is 1. The molecule has 10 heteroatoms. The third-order valence-corrected chi connectivity index (χ3v) is 6.93. The van der Waals surface area contributed by atoms with Gasteiger partial charge in [0.1, 0.15) is 4.90 Å². The molecule has 0 saturated carbocycles. The molecule has 1 aliphatic heterocycles. The fraction of sp³-hybridized carbons (Fsp3) is 0.579. The maximum atomic E-state index is 13.1. The molecule has 1 aromatic rings. The standard InChI is InChI=1S/C19H27ClN2O6S/c1-5-21(6-2)18(23)12-27-19(24)15-7-8-16(20)17(9-15)29(25,26)22-10-13(3)28-14(4)11-22/h7-9,13-14H,5-6,10-12H2,1-4H3/t13-,14+. The zero-order valence-corrected chi connectivity index (χ0v) is 18.6. The van der Waals surface area contributed by atoms with Gasteiger partial charge in [0.15, 0.2) is 6.61 Å². The maximum Gasteiger partial charge on any atom is 0.338 e. The van der Waals surface area contributed by atoms with E-state index in [1.54, 1.807) is 13.8 Å². The highest BCUT2D eigenvalue weighted by atomic mass is 35.5. The number of carbonyl (C=O) groups excluding carboxylic acids is 2. The minimum Gasteiger partial charge on any atom is -0.452 e. The summed E-state index contributed by atoms with van der Waals surface area (Å²) in [5, 5.41) is 0.00701. The van der Waals surface area contributed by atoms with Crippen molar-refractivity contribution in [1.29, 1.82) is 0 Å². The zero-order valence-electron chi connectivity index (χ0n) is 17.1. The fourth-order valence-corrected chi connectivity index (χ4v) is 5.26. The van der Waals surface area contributed by atoms with Crippen LogP contribution in [0.3, 0.4) is 0 Å². The van der Waals surface area contributed by atoms with Gasteiger partial charge in [0, 0.05) is 26.2 Å². The van der Waals surface area contributed by atoms with E-state index in [9.17, 15) is 18.0 Å². The molecular weight excluding hydrogens is 420 g/mol. The molecule has 1 saturated heterocycles. The van der Waals surface area contributed by atoms with Crippen LogP contribution in [-0.2, 0) is 24.3 Å². The number of likely N-dealkylation sites (N-methyl/N-ethyl adjacent to an activating group) is 1. The van der Waals surface area contributed by atoms with Crippen LogP contribution >= 0.6 is 11.6 Å². The number of morpholine rings is 1. The highest BCUT2D eigenvalue weighted by Crippen LogP contribution is 2.28. The van der Waals surface area contributed by atoms with Gasteiger partial charge >= 0.3 is 5.97 Å². The second-order valence-corrected chi connectivity index (χ2v) is 9.18. The highest BCUT2D eigenvalue weighted by Gasteiger charge is 2.34. The number of hydrogen-bond acceptors (Lipinski definition) is 6. The van der Waals surface area contributed by atoms with Crippen LogP contribution in [0.15, 0.2) is 23.1 Å². The largest absolute Gasteiger partial charge is 0.452 e. The molecule has 0 radical (unpaired) electrons. The Labute approximate surface area is 176 Å². The molecular formula is C19H27ClN2O6S. The van der Waals surface area contributed by atoms with Gasteiger partial charge in [-0.05, 0) is 45.9 Å². The molecule has 0 bridgehead atoms. The second kappa shape index (κ2) is 9.88. The first-order chi connectivity index (χ1) is 13.6. The number of esters is 1. The van der Waals surface area contributed by atoms with Crippen LogP contribution < -0.4 is 0 Å². The van der Waals surface area contributed by atoms with E-state index >= 15 is 0 Å². The summed E-state index contributed by atoms with van der Waals surface area (Å²) in [6.07, 6.45) is -0.516. The molecule has 162 valence electrons. The van der Waals surface area contributed by atoms with Gasteiger partial charge in [-0.15, -0.1) is 0 Å². The lowest BCUT2D eigenvalue weighted by Crippen LogP contribution is -2.48. The Morgan fingerprint density at radius 1 is 1.21 bits per heavy atom. The van der Waals surface area contributed by atoms with Gasteiger partial charge in [-0.25, -0.2) is 13.2 Å². The molecule has 0 N–H and O–H groups in total. The maximum absolute atomic E-state index is 13.1. The quantitative estimate of drug-likeness (QED) is 0.596. The molecule has 8 nitrogen and oxygen atoms in total. The molecule has 29 heavy (non-hydrogen) atoms. The van der Waals surface area contributed by atoms with Crippen molar-refractivity contribution >= 4 is 33.5 Å². The summed E-state index contributed by atoms with van der Waals surface area (Å²) in [7, 11) is -3.93. The highest BCUT2D eigenvalue weighted by molar-refractivity contribution is 7.89. The number of nitrogens with zero attached hydrogens (tertiary/aromatic N) is 2. The van der Waals surface area contributed by atoms with Crippen molar-refractivity contribution < 1.29 is 27.5 Å². The van der Waals surface area contributed by atoms with Crippen LogP contribution in [0.5, 0.6) is 0 Å². The molecule has 1 amide bonds. The average molecular weight is 447 g/mol. The predicted octanol–water partition coefficient (Wildman–Crippen LogP) is 2.16. The lowest BCUT2D eigenvalue weighted by molar-refractivity contribution is -0.134. The summed E-state index contributed by atoms with van der Waals surface area (Å²) in [5.74, 6) is -1.11. The van der Waals surface area contributed by atoms with Gasteiger partial charge in [0.2, 0.25) is 10.0 Å². The Morgan fingerprint density at radius 2 is 1.79 bits per heavy atom. The third-order valence-electron chi connectivity index (χ3n) is 4.61. The minimum atomic E-state index is -3.93. The molecule has 0 spiro atoms. The second-order valence-electron chi connectivity index (χ2n) is 6.87. The Hall–Kier alpha value is -1.68. The first-order valence-electron chi connectivity index (χ1n) is 9.50. The number of ether oxygens (including phenoxy) is 2. The van der Waals surface area contributed by atoms with Crippen LogP contribution in [0.25, 0.3) is 0 Å². The van der Waals surface area contributed by atoms with Crippen LogP contribution in [-0.4, -0.2) is 74.5 Å². The summed E-state index contributed by atoms with van der Waals surface area (Å²) in [5.41, 5.74) is 0.00896. The van der Waals surface area contributed by atoms with Crippen molar-refractivity contribution in [3.05, 3.63) is 28.8 Å². The Balaban J connectivity index is 2.20. The van der Waals surface area contributed by atoms with Crippen molar-refractivity contribution in [1.82, 2.24) is 9.21 Å². The predicted molar refractivity (Wildman–Crippen MR) is 108 cm³/mol. The molecule has 1 aromatic carbocycles. The van der Waals surface area contributed by atoms with Gasteiger partial charge in [0.05, 0.1) is 22.8 Å². The lowest BCUT2D eigenvalue weighted by Gasteiger charge is -2.34. The minimum absolute atomic E-state index is 0.00701. The summed E-state index contributed by atoms with van der Waals surface area (Å²) in [6.45, 7) is 8.22. The van der Waals surface area contributed by atoms with E-state index in [1.807, 2.05) is 13.8 Å². The zero-order chi connectivity index (χ0) is 21.8. The van der Waals surface area contributed by atoms with Crippen LogP contribution in [0, 0.1) is 0 Å². The van der Waals surface area contributed by atoms with Crippen molar-refractivity contribution in [2.24, 2.45) is 0 Å². The summed E-state index contributed by atoms with van der Waals surface area (Å²) < 4.78 is 38.1. The number of sulfonamides is 1. The molecule has 1 aliphatic rings. The third kappa shape index (κ3) is 5.69. The monoisotopic (exact) mass is 446 g/mol. The van der Waals surface area contributed by atoms with E-state index < -0.39 is 22.6 Å². The molecule has 1 fully saturated rings. The van der Waals surface area contributed by atoms with E-state index in [0.717, 1.165) is 0 Å². The normalized spacial score (nSPS) is 20.3. The van der Waals surface area contributed by atoms with Gasteiger partial charge < -0.3 is 14.4 Å². The first kappa shape index (κ1) is 23.6. The Bertz CT molecular complexity index is 846. The molecule has 0 aromatic heterocycles. The molecule has 1 heterocycles. The van der Waals surface area contributed by atoms with Crippen molar-refractivity contribution in [3.63, 3.8) is 0 Å². The number of hydrogen-bond donors (Lipinski definition) is 0. The molecule has 0 aliphatic carbocycles. The van der Waals surface area contributed by atoms with E-state index in [0.29, 0.717) is 13.1 Å².